The molecule has 3 heterocycles. The zero-order valence-corrected chi connectivity index (χ0v) is 31.7. The molecule has 274 valence electrons. The molecule has 6 heteroatoms. The van der Waals surface area contributed by atoms with E-state index in [1.54, 1.807) is 0 Å². The van der Waals surface area contributed by atoms with Gasteiger partial charge >= 0.3 is 0 Å². The molecule has 6 nitrogen and oxygen atoms in total. The second-order valence-corrected chi connectivity index (χ2v) is 15.0. The number of allylic oxidation sites excluding steroid dienone is 5. The van der Waals surface area contributed by atoms with Gasteiger partial charge in [-0.1, -0.05) is 115 Å². The molecule has 11 rings (SSSR count). The molecule has 0 saturated carbocycles. The number of hydrogen-bond acceptors (Lipinski definition) is 4. The molecule has 58 heavy (non-hydrogen) atoms. The number of aryl methyl sites for hydroxylation is 1. The van der Waals surface area contributed by atoms with Gasteiger partial charge in [0.25, 0.3) is 0 Å². The lowest BCUT2D eigenvalue weighted by atomic mass is 9.98. The van der Waals surface area contributed by atoms with Crippen molar-refractivity contribution in [3.05, 3.63) is 186 Å². The highest BCUT2D eigenvalue weighted by molar-refractivity contribution is 6.09. The van der Waals surface area contributed by atoms with Crippen molar-refractivity contribution in [3.8, 4) is 51.3 Å². The monoisotopic (exact) mass is 744 g/mol. The molecule has 0 amide bonds. The van der Waals surface area contributed by atoms with E-state index in [1.165, 1.54) is 27.4 Å². The maximum Gasteiger partial charge on any atom is 0.166 e. The standard InChI is InChI=1S/C52H36N6/c53-33-34-29-38(31-39(30-34)57-45-23-11-7-19-40(45)41-20-8-12-24-46(41)57)37-27-28-49(58-47-25-13-9-21-42(47)43-22-10-14-26-48(43)58)44(32-37)52-55-50(35-15-3-1-4-16-35)54-51(56-52)36-17-5-2-6-18-36/h1,3-5,7-9,11-21,23-32H,2,6,10,22H2. The Balaban J connectivity index is 1.18. The first-order chi connectivity index (χ1) is 28.7. The topological polar surface area (TPSA) is 72.3 Å². The number of nitrogens with zero attached hydrogens (tertiary/aromatic N) is 6. The van der Waals surface area contributed by atoms with Crippen LogP contribution in [0.4, 0.5) is 0 Å². The Morgan fingerprint density at radius 1 is 0.517 bits per heavy atom. The first-order valence-corrected chi connectivity index (χ1v) is 19.9. The van der Waals surface area contributed by atoms with Gasteiger partial charge in [-0.3, -0.25) is 0 Å². The van der Waals surface area contributed by atoms with Crippen molar-refractivity contribution in [2.75, 3.05) is 0 Å². The van der Waals surface area contributed by atoms with Gasteiger partial charge in [0.2, 0.25) is 0 Å². The van der Waals surface area contributed by atoms with Gasteiger partial charge in [-0.25, -0.2) is 15.0 Å². The average molecular weight is 745 g/mol. The summed E-state index contributed by atoms with van der Waals surface area (Å²) < 4.78 is 4.64. The predicted octanol–water partition coefficient (Wildman–Crippen LogP) is 12.5. The number of rotatable bonds is 6. The number of fused-ring (bicyclic) bond motifs is 6. The van der Waals surface area contributed by atoms with Gasteiger partial charge in [0.1, 0.15) is 0 Å². The summed E-state index contributed by atoms with van der Waals surface area (Å²) in [6, 6.07) is 51.0. The van der Waals surface area contributed by atoms with Crippen LogP contribution < -0.4 is 0 Å². The van der Waals surface area contributed by atoms with Crippen LogP contribution in [0, 0.1) is 11.3 Å². The van der Waals surface area contributed by atoms with Crippen molar-refractivity contribution in [3.63, 3.8) is 0 Å². The third-order valence-electron chi connectivity index (χ3n) is 11.5. The summed E-state index contributed by atoms with van der Waals surface area (Å²) in [5.41, 5.74) is 13.0. The van der Waals surface area contributed by atoms with E-state index >= 15 is 0 Å². The lowest BCUT2D eigenvalue weighted by Gasteiger charge is -2.18. The predicted molar refractivity (Wildman–Crippen MR) is 236 cm³/mol. The molecular formula is C52H36N6. The zero-order valence-electron chi connectivity index (χ0n) is 31.7. The van der Waals surface area contributed by atoms with Crippen LogP contribution in [-0.4, -0.2) is 24.1 Å². The number of para-hydroxylation sites is 3. The maximum absolute atomic E-state index is 10.5. The van der Waals surface area contributed by atoms with Crippen LogP contribution >= 0.6 is 0 Å². The average Bonchev–Trinajstić information content (AvgIpc) is 3.82. The number of benzene rings is 6. The Labute approximate surface area is 336 Å². The highest BCUT2D eigenvalue weighted by Crippen LogP contribution is 2.40. The van der Waals surface area contributed by atoms with Crippen LogP contribution in [-0.2, 0) is 6.42 Å². The molecule has 0 bridgehead atoms. The van der Waals surface area contributed by atoms with Gasteiger partial charge in [-0.2, -0.15) is 5.26 Å². The van der Waals surface area contributed by atoms with Crippen molar-refractivity contribution < 1.29 is 0 Å². The van der Waals surface area contributed by atoms with E-state index in [2.05, 4.69) is 155 Å². The Morgan fingerprint density at radius 3 is 1.93 bits per heavy atom. The summed E-state index contributed by atoms with van der Waals surface area (Å²) >= 11 is 0. The molecule has 3 aromatic heterocycles. The van der Waals surface area contributed by atoms with E-state index in [0.29, 0.717) is 23.0 Å². The Morgan fingerprint density at radius 2 is 1.19 bits per heavy atom. The van der Waals surface area contributed by atoms with Gasteiger partial charge in [-0.05, 0) is 97.0 Å². The van der Waals surface area contributed by atoms with Crippen molar-refractivity contribution >= 4 is 44.4 Å². The molecule has 0 unspecified atom stereocenters. The first kappa shape index (κ1) is 33.7. The molecule has 9 aromatic rings. The minimum Gasteiger partial charge on any atom is -0.309 e. The van der Waals surface area contributed by atoms with E-state index < -0.39 is 0 Å². The van der Waals surface area contributed by atoms with E-state index in [-0.39, 0.29) is 0 Å². The minimum absolute atomic E-state index is 0.584. The smallest absolute Gasteiger partial charge is 0.166 e. The second kappa shape index (κ2) is 13.8. The van der Waals surface area contributed by atoms with Gasteiger partial charge in [-0.15, -0.1) is 0 Å². The van der Waals surface area contributed by atoms with Crippen molar-refractivity contribution in [2.45, 2.75) is 25.7 Å². The molecule has 0 aliphatic heterocycles. The quantitative estimate of drug-likeness (QED) is 0.170. The van der Waals surface area contributed by atoms with E-state index in [1.807, 2.05) is 30.3 Å². The third-order valence-corrected chi connectivity index (χ3v) is 11.5. The molecule has 6 aromatic carbocycles. The normalized spacial score (nSPS) is 13.5. The fourth-order valence-electron chi connectivity index (χ4n) is 8.83. The molecule has 0 fully saturated rings. The number of aromatic nitrogens is 5. The summed E-state index contributed by atoms with van der Waals surface area (Å²) in [5.74, 6) is 1.86. The molecule has 0 saturated heterocycles. The van der Waals surface area contributed by atoms with Crippen LogP contribution in [0.5, 0.6) is 0 Å². The fourth-order valence-corrected chi connectivity index (χ4v) is 8.83. The summed E-state index contributed by atoms with van der Waals surface area (Å²) in [6.45, 7) is 0. The van der Waals surface area contributed by atoms with Crippen LogP contribution in [0.15, 0.2) is 164 Å². The van der Waals surface area contributed by atoms with Crippen molar-refractivity contribution in [2.24, 2.45) is 0 Å². The van der Waals surface area contributed by atoms with Gasteiger partial charge in [0.15, 0.2) is 17.5 Å². The van der Waals surface area contributed by atoms with E-state index in [9.17, 15) is 5.26 Å². The molecule has 2 aliphatic carbocycles. The Kier molecular flexibility index (Phi) is 8.04. The van der Waals surface area contributed by atoms with Crippen LogP contribution in [0.3, 0.4) is 0 Å². The molecule has 0 N–H and O–H groups in total. The summed E-state index contributed by atoms with van der Waals surface area (Å²) in [7, 11) is 0. The highest BCUT2D eigenvalue weighted by atomic mass is 15.1. The van der Waals surface area contributed by atoms with Crippen LogP contribution in [0.1, 0.15) is 41.9 Å². The zero-order chi connectivity index (χ0) is 38.6. The van der Waals surface area contributed by atoms with Crippen LogP contribution in [0.2, 0.25) is 0 Å². The Bertz CT molecular complexity index is 3190. The number of nitriles is 1. The fraction of sp³-hybridized carbons (Fsp3) is 0.0769. The molecule has 0 radical (unpaired) electrons. The second-order valence-electron chi connectivity index (χ2n) is 15.0. The molecule has 2 aliphatic rings. The molecule has 0 atom stereocenters. The van der Waals surface area contributed by atoms with Gasteiger partial charge in [0.05, 0.1) is 33.9 Å². The molecular weight excluding hydrogens is 709 g/mol. The third kappa shape index (κ3) is 5.59. The van der Waals surface area contributed by atoms with Crippen molar-refractivity contribution in [1.82, 2.24) is 24.1 Å². The van der Waals surface area contributed by atoms with E-state index in [0.717, 1.165) is 81.4 Å². The SMILES string of the molecule is N#Cc1cc(-c2ccc(-n3c4c(c5ccccc53)CCC=C4)c(-c3nc(C4=CCCC=C4)nc(-c4ccccc4)n3)c2)cc(-n2c3ccccc3c3ccccc32)c1. The van der Waals surface area contributed by atoms with Crippen LogP contribution in [0.25, 0.3) is 89.6 Å². The van der Waals surface area contributed by atoms with Crippen molar-refractivity contribution in [1.29, 1.82) is 5.26 Å². The van der Waals surface area contributed by atoms with Gasteiger partial charge in [0, 0.05) is 44.2 Å². The largest absolute Gasteiger partial charge is 0.309 e. The summed E-state index contributed by atoms with van der Waals surface area (Å²) in [4.78, 5) is 15.6. The summed E-state index contributed by atoms with van der Waals surface area (Å²) in [5, 5.41) is 14.1. The summed E-state index contributed by atoms with van der Waals surface area (Å²) in [6.07, 6.45) is 15.0. The molecule has 0 spiro atoms. The first-order valence-electron chi connectivity index (χ1n) is 19.9. The number of hydrogen-bond donors (Lipinski definition) is 0. The van der Waals surface area contributed by atoms with E-state index in [4.69, 9.17) is 15.0 Å². The van der Waals surface area contributed by atoms with Gasteiger partial charge < -0.3 is 9.13 Å². The highest BCUT2D eigenvalue weighted by Gasteiger charge is 2.24. The maximum atomic E-state index is 10.5. The minimum atomic E-state index is 0.584. The lowest BCUT2D eigenvalue weighted by Crippen LogP contribution is -2.07. The Hall–Kier alpha value is -7.62. The lowest BCUT2D eigenvalue weighted by molar-refractivity contribution is 0.965.